The van der Waals surface area contributed by atoms with Crippen molar-refractivity contribution in [3.8, 4) is 0 Å². The number of nitrogens with zero attached hydrogens (tertiary/aromatic N) is 1. The molecule has 0 amide bonds. The summed E-state index contributed by atoms with van der Waals surface area (Å²) >= 11 is 0. The first-order chi connectivity index (χ1) is 15.0. The van der Waals surface area contributed by atoms with E-state index in [-0.39, 0.29) is 18.7 Å². The summed E-state index contributed by atoms with van der Waals surface area (Å²) in [5.74, 6) is 0. The maximum Gasteiger partial charge on any atom is 0.149 e. The number of hydrogen-bond donors (Lipinski definition) is 0. The first-order valence-electron chi connectivity index (χ1n) is 10.9. The summed E-state index contributed by atoms with van der Waals surface area (Å²) in [4.78, 5) is 2.31. The van der Waals surface area contributed by atoms with E-state index in [0.29, 0.717) is 0 Å². The lowest BCUT2D eigenvalue weighted by molar-refractivity contribution is -0.138. The highest BCUT2D eigenvalue weighted by Gasteiger charge is 2.73. The van der Waals surface area contributed by atoms with Crippen molar-refractivity contribution in [1.29, 1.82) is 0 Å². The van der Waals surface area contributed by atoms with Crippen molar-refractivity contribution < 1.29 is 14.2 Å². The molecule has 0 spiro atoms. The van der Waals surface area contributed by atoms with Gasteiger partial charge < -0.3 is 14.2 Å². The molecule has 6 rings (SSSR count). The topological polar surface area (TPSA) is 30.9 Å². The van der Waals surface area contributed by atoms with Crippen molar-refractivity contribution in [2.75, 3.05) is 0 Å². The normalized spacial score (nSPS) is 39.0. The molecule has 0 bridgehead atoms. The summed E-state index contributed by atoms with van der Waals surface area (Å²) in [6, 6.07) is 31.2. The molecule has 3 aliphatic heterocycles. The highest BCUT2D eigenvalue weighted by Crippen LogP contribution is 2.61. The minimum Gasteiger partial charge on any atom is -0.344 e. The molecule has 0 unspecified atom stereocenters. The standard InChI is InChI=1S/C27H27NO3/c1-25(19-13-7-4-8-14-19)22-28-23(29-25)26(2,20-15-9-5-10-16-20)31-24(28)27(3,30-22)21-17-11-6-12-18-21/h4-18,22-24H,1-3H3/t22-,23-,24-,25-,26-,27-/m0/s1. The van der Waals surface area contributed by atoms with Gasteiger partial charge >= 0.3 is 0 Å². The van der Waals surface area contributed by atoms with E-state index >= 15 is 0 Å². The second kappa shape index (κ2) is 6.50. The van der Waals surface area contributed by atoms with Crippen LogP contribution in [0.2, 0.25) is 0 Å². The number of benzene rings is 3. The largest absolute Gasteiger partial charge is 0.344 e. The Morgan fingerprint density at radius 1 is 0.484 bits per heavy atom. The monoisotopic (exact) mass is 413 g/mol. The van der Waals surface area contributed by atoms with Crippen LogP contribution in [-0.4, -0.2) is 23.6 Å². The Balaban J connectivity index is 1.52. The van der Waals surface area contributed by atoms with E-state index in [0.717, 1.165) is 16.7 Å². The molecular weight excluding hydrogens is 386 g/mol. The summed E-state index contributed by atoms with van der Waals surface area (Å²) in [7, 11) is 0. The fourth-order valence-corrected chi connectivity index (χ4v) is 5.55. The molecule has 3 fully saturated rings. The van der Waals surface area contributed by atoms with E-state index in [1.807, 2.05) is 18.2 Å². The van der Waals surface area contributed by atoms with E-state index in [4.69, 9.17) is 14.2 Å². The van der Waals surface area contributed by atoms with Gasteiger partial charge in [-0.15, -0.1) is 0 Å². The van der Waals surface area contributed by atoms with Crippen LogP contribution in [0.15, 0.2) is 91.0 Å². The molecule has 31 heavy (non-hydrogen) atoms. The Bertz CT molecular complexity index is 950. The van der Waals surface area contributed by atoms with Crippen LogP contribution in [-0.2, 0) is 31.0 Å². The highest BCUT2D eigenvalue weighted by molar-refractivity contribution is 5.34. The zero-order chi connectivity index (χ0) is 21.3. The average molecular weight is 414 g/mol. The fraction of sp³-hybridized carbons (Fsp3) is 0.333. The molecule has 6 atom stereocenters. The first kappa shape index (κ1) is 19.2. The fourth-order valence-electron chi connectivity index (χ4n) is 5.55. The van der Waals surface area contributed by atoms with E-state index in [2.05, 4.69) is 98.5 Å². The molecule has 0 saturated carbocycles. The van der Waals surface area contributed by atoms with Crippen LogP contribution in [0.4, 0.5) is 0 Å². The summed E-state index contributed by atoms with van der Waals surface area (Å²) in [6.45, 7) is 6.43. The lowest BCUT2D eigenvalue weighted by Gasteiger charge is -2.32. The zero-order valence-corrected chi connectivity index (χ0v) is 18.1. The second-order valence-corrected chi connectivity index (χ2v) is 9.28. The van der Waals surface area contributed by atoms with E-state index < -0.39 is 16.8 Å². The summed E-state index contributed by atoms with van der Waals surface area (Å²) in [5, 5.41) is 0. The van der Waals surface area contributed by atoms with Crippen LogP contribution in [0, 0.1) is 0 Å². The van der Waals surface area contributed by atoms with Crippen LogP contribution < -0.4 is 0 Å². The van der Waals surface area contributed by atoms with Gasteiger partial charge in [0.05, 0.1) is 0 Å². The predicted octanol–water partition coefficient (Wildman–Crippen LogP) is 5.10. The molecule has 4 heteroatoms. The third kappa shape index (κ3) is 2.50. The van der Waals surface area contributed by atoms with Gasteiger partial charge in [0, 0.05) is 0 Å². The van der Waals surface area contributed by atoms with Crippen LogP contribution in [0.3, 0.4) is 0 Å². The molecule has 0 radical (unpaired) electrons. The minimum atomic E-state index is -0.615. The van der Waals surface area contributed by atoms with Gasteiger partial charge in [-0.3, -0.25) is 0 Å². The van der Waals surface area contributed by atoms with Crippen LogP contribution in [0.25, 0.3) is 0 Å². The van der Waals surface area contributed by atoms with Crippen molar-refractivity contribution in [3.63, 3.8) is 0 Å². The Hall–Kier alpha value is -2.50. The maximum atomic E-state index is 6.87. The quantitative estimate of drug-likeness (QED) is 0.598. The third-order valence-corrected chi connectivity index (χ3v) is 7.34. The van der Waals surface area contributed by atoms with Gasteiger partial charge in [-0.05, 0) is 37.5 Å². The molecule has 0 aliphatic carbocycles. The molecule has 3 aromatic rings. The summed E-state index contributed by atoms with van der Waals surface area (Å²) in [5.41, 5.74) is 1.49. The molecule has 3 heterocycles. The van der Waals surface area contributed by atoms with Crippen LogP contribution >= 0.6 is 0 Å². The average Bonchev–Trinajstić information content (AvgIpc) is 3.40. The predicted molar refractivity (Wildman–Crippen MR) is 118 cm³/mol. The molecule has 3 saturated heterocycles. The van der Waals surface area contributed by atoms with Crippen molar-refractivity contribution in [1.82, 2.24) is 4.90 Å². The van der Waals surface area contributed by atoms with Crippen molar-refractivity contribution in [3.05, 3.63) is 108 Å². The van der Waals surface area contributed by atoms with Gasteiger partial charge in [0.1, 0.15) is 35.5 Å². The van der Waals surface area contributed by atoms with Crippen molar-refractivity contribution >= 4 is 0 Å². The molecule has 158 valence electrons. The van der Waals surface area contributed by atoms with Gasteiger partial charge in [0.25, 0.3) is 0 Å². The molecule has 3 aromatic carbocycles. The van der Waals surface area contributed by atoms with E-state index in [9.17, 15) is 0 Å². The number of ether oxygens (including phenoxy) is 3. The van der Waals surface area contributed by atoms with Gasteiger partial charge in [0.2, 0.25) is 0 Å². The Kier molecular flexibility index (Phi) is 4.03. The molecule has 0 N–H and O–H groups in total. The van der Waals surface area contributed by atoms with Crippen molar-refractivity contribution in [2.45, 2.75) is 56.3 Å². The molecule has 0 aromatic heterocycles. The third-order valence-electron chi connectivity index (χ3n) is 7.34. The Morgan fingerprint density at radius 3 is 1.00 bits per heavy atom. The second-order valence-electron chi connectivity index (χ2n) is 9.28. The first-order valence-corrected chi connectivity index (χ1v) is 10.9. The van der Waals surface area contributed by atoms with E-state index in [1.54, 1.807) is 0 Å². The smallest absolute Gasteiger partial charge is 0.149 e. The highest BCUT2D eigenvalue weighted by atomic mass is 16.7. The number of rotatable bonds is 3. The lowest BCUT2D eigenvalue weighted by Crippen LogP contribution is -2.40. The van der Waals surface area contributed by atoms with Crippen LogP contribution in [0.5, 0.6) is 0 Å². The zero-order valence-electron chi connectivity index (χ0n) is 18.1. The minimum absolute atomic E-state index is 0.263. The van der Waals surface area contributed by atoms with Gasteiger partial charge in [-0.1, -0.05) is 91.0 Å². The van der Waals surface area contributed by atoms with Gasteiger partial charge in [0.15, 0.2) is 0 Å². The SMILES string of the molecule is C[C@@]1(c2ccccc2)O[C@@H]2N3[C@H]1O[C@@](C)(c1ccccc1)[C@@H]3O[C@@]2(C)c1ccccc1. The van der Waals surface area contributed by atoms with E-state index in [1.165, 1.54) is 0 Å². The lowest BCUT2D eigenvalue weighted by atomic mass is 9.94. The Labute approximate surface area is 183 Å². The molecule has 4 nitrogen and oxygen atoms in total. The summed E-state index contributed by atoms with van der Waals surface area (Å²) in [6.07, 6.45) is -0.790. The molecule has 3 aliphatic rings. The van der Waals surface area contributed by atoms with Crippen LogP contribution in [0.1, 0.15) is 37.5 Å². The van der Waals surface area contributed by atoms with Crippen molar-refractivity contribution in [2.24, 2.45) is 0 Å². The Morgan fingerprint density at radius 2 is 0.742 bits per heavy atom. The molecular formula is C27H27NO3. The number of hydrogen-bond acceptors (Lipinski definition) is 4. The maximum absolute atomic E-state index is 6.87. The van der Waals surface area contributed by atoms with Gasteiger partial charge in [-0.25, -0.2) is 4.90 Å². The van der Waals surface area contributed by atoms with Gasteiger partial charge in [-0.2, -0.15) is 0 Å². The summed E-state index contributed by atoms with van der Waals surface area (Å²) < 4.78 is 20.6.